The molecule has 140 valence electrons. The average Bonchev–Trinajstić information content (AvgIpc) is 3.20. The minimum absolute atomic E-state index is 0.201. The summed E-state index contributed by atoms with van der Waals surface area (Å²) in [6.07, 6.45) is 0. The maximum atomic E-state index is 12.2. The molecular weight excluding hydrogens is 348 g/mol. The van der Waals surface area contributed by atoms with Crippen molar-refractivity contribution in [3.05, 3.63) is 59.8 Å². The molecule has 0 saturated carbocycles. The summed E-state index contributed by atoms with van der Waals surface area (Å²) in [6, 6.07) is 14.1. The normalized spacial score (nSPS) is 10.3. The molecule has 1 amide bonds. The molecule has 1 N–H and O–H groups in total. The van der Waals surface area contributed by atoms with Gasteiger partial charge < -0.3 is 24.1 Å². The first-order valence-corrected chi connectivity index (χ1v) is 8.25. The summed E-state index contributed by atoms with van der Waals surface area (Å²) in [4.78, 5) is 12.2. The predicted molar refractivity (Wildman–Crippen MR) is 99.2 cm³/mol. The highest BCUT2D eigenvalue weighted by atomic mass is 16.5. The fraction of sp³-hybridized carbons (Fsp3) is 0.200. The second-order valence-electron chi connectivity index (χ2n) is 5.66. The van der Waals surface area contributed by atoms with Crippen LogP contribution in [0.1, 0.15) is 16.1 Å². The second kappa shape index (κ2) is 8.27. The zero-order chi connectivity index (χ0) is 19.2. The minimum atomic E-state index is -0.201. The van der Waals surface area contributed by atoms with E-state index < -0.39 is 0 Å². The van der Waals surface area contributed by atoms with Crippen LogP contribution < -0.4 is 19.5 Å². The molecule has 2 aromatic carbocycles. The first kappa shape index (κ1) is 18.3. The number of nitrogens with zero attached hydrogens (tertiary/aromatic N) is 1. The first-order chi connectivity index (χ1) is 13.1. The van der Waals surface area contributed by atoms with Gasteiger partial charge in [0, 0.05) is 17.2 Å². The molecule has 0 saturated heterocycles. The predicted octanol–water partition coefficient (Wildman–Crippen LogP) is 3.30. The molecule has 7 nitrogen and oxygen atoms in total. The van der Waals surface area contributed by atoms with Crippen LogP contribution in [0.2, 0.25) is 0 Å². The first-order valence-electron chi connectivity index (χ1n) is 8.25. The van der Waals surface area contributed by atoms with E-state index in [0.29, 0.717) is 34.3 Å². The van der Waals surface area contributed by atoms with Gasteiger partial charge in [0.2, 0.25) is 0 Å². The van der Waals surface area contributed by atoms with Crippen LogP contribution in [0.4, 0.5) is 0 Å². The van der Waals surface area contributed by atoms with Crippen LogP contribution in [0.5, 0.6) is 17.2 Å². The number of rotatable bonds is 7. The van der Waals surface area contributed by atoms with Gasteiger partial charge in [-0.25, -0.2) is 0 Å². The van der Waals surface area contributed by atoms with E-state index in [0.717, 1.165) is 5.56 Å². The molecule has 0 aliphatic carbocycles. The monoisotopic (exact) mass is 368 g/mol. The van der Waals surface area contributed by atoms with Crippen molar-refractivity contribution in [3.8, 4) is 28.6 Å². The van der Waals surface area contributed by atoms with E-state index in [-0.39, 0.29) is 12.5 Å². The lowest BCUT2D eigenvalue weighted by Gasteiger charge is -2.07. The molecule has 1 heterocycles. The molecule has 0 atom stereocenters. The molecule has 7 heteroatoms. The number of aromatic nitrogens is 1. The molecule has 1 aromatic heterocycles. The number of carbonyl (C=O) groups is 1. The van der Waals surface area contributed by atoms with Gasteiger partial charge in [-0.1, -0.05) is 5.16 Å². The number of amides is 1. The van der Waals surface area contributed by atoms with Crippen LogP contribution in [0.15, 0.2) is 53.1 Å². The van der Waals surface area contributed by atoms with Crippen molar-refractivity contribution < 1.29 is 23.5 Å². The second-order valence-corrected chi connectivity index (χ2v) is 5.66. The van der Waals surface area contributed by atoms with E-state index in [9.17, 15) is 4.79 Å². The molecule has 0 spiro atoms. The highest BCUT2D eigenvalue weighted by Gasteiger charge is 2.12. The topological polar surface area (TPSA) is 82.8 Å². The lowest BCUT2D eigenvalue weighted by Crippen LogP contribution is -2.22. The third kappa shape index (κ3) is 4.20. The van der Waals surface area contributed by atoms with Crippen molar-refractivity contribution >= 4 is 5.91 Å². The van der Waals surface area contributed by atoms with Crippen LogP contribution in [0.25, 0.3) is 11.3 Å². The highest BCUT2D eigenvalue weighted by molar-refractivity contribution is 5.94. The van der Waals surface area contributed by atoms with E-state index in [1.807, 2.05) is 6.07 Å². The standard InChI is InChI=1S/C20H20N2O5/c1-24-16-7-4-13(5-8-16)20(23)21-12-15-11-18(27-22-15)14-6-9-17(25-2)19(10-14)26-3/h4-11H,12H2,1-3H3,(H,21,23). The fourth-order valence-electron chi connectivity index (χ4n) is 2.54. The lowest BCUT2D eigenvalue weighted by molar-refractivity contribution is 0.0950. The van der Waals surface area contributed by atoms with Crippen molar-refractivity contribution in [1.29, 1.82) is 0 Å². The minimum Gasteiger partial charge on any atom is -0.497 e. The highest BCUT2D eigenvalue weighted by Crippen LogP contribution is 2.32. The Kier molecular flexibility index (Phi) is 5.61. The number of hydrogen-bond acceptors (Lipinski definition) is 6. The molecular formula is C20H20N2O5. The number of hydrogen-bond donors (Lipinski definition) is 1. The Bertz CT molecular complexity index is 918. The molecule has 0 aliphatic rings. The van der Waals surface area contributed by atoms with Crippen LogP contribution in [-0.4, -0.2) is 32.4 Å². The molecule has 3 aromatic rings. The number of benzene rings is 2. The summed E-state index contributed by atoms with van der Waals surface area (Å²) < 4.78 is 21.0. The lowest BCUT2D eigenvalue weighted by atomic mass is 10.1. The third-order valence-electron chi connectivity index (χ3n) is 4.01. The zero-order valence-corrected chi connectivity index (χ0v) is 15.3. The van der Waals surface area contributed by atoms with E-state index in [2.05, 4.69) is 10.5 Å². The smallest absolute Gasteiger partial charge is 0.251 e. The Balaban J connectivity index is 1.66. The van der Waals surface area contributed by atoms with Crippen molar-refractivity contribution in [3.63, 3.8) is 0 Å². The van der Waals surface area contributed by atoms with Crippen molar-refractivity contribution in [2.24, 2.45) is 0 Å². The van der Waals surface area contributed by atoms with E-state index in [4.69, 9.17) is 18.7 Å². The Hall–Kier alpha value is -3.48. The molecule has 0 unspecified atom stereocenters. The summed E-state index contributed by atoms with van der Waals surface area (Å²) in [5, 5.41) is 6.81. The van der Waals surface area contributed by atoms with Gasteiger partial charge in [0.05, 0.1) is 27.9 Å². The molecule has 27 heavy (non-hydrogen) atoms. The van der Waals surface area contributed by atoms with Gasteiger partial charge in [0.1, 0.15) is 11.4 Å². The molecule has 0 radical (unpaired) electrons. The molecule has 0 fully saturated rings. The maximum absolute atomic E-state index is 12.2. The Labute approximate surface area is 156 Å². The van der Waals surface area contributed by atoms with Gasteiger partial charge in [-0.05, 0) is 42.5 Å². The van der Waals surface area contributed by atoms with Gasteiger partial charge in [-0.2, -0.15) is 0 Å². The van der Waals surface area contributed by atoms with Gasteiger partial charge in [0.15, 0.2) is 17.3 Å². The molecule has 0 aliphatic heterocycles. The van der Waals surface area contributed by atoms with Crippen molar-refractivity contribution in [2.75, 3.05) is 21.3 Å². The van der Waals surface area contributed by atoms with E-state index in [1.165, 1.54) is 0 Å². The van der Waals surface area contributed by atoms with Crippen LogP contribution in [0.3, 0.4) is 0 Å². The number of nitrogens with one attached hydrogen (secondary N) is 1. The molecule has 0 bridgehead atoms. The zero-order valence-electron chi connectivity index (χ0n) is 15.3. The average molecular weight is 368 g/mol. The van der Waals surface area contributed by atoms with Crippen LogP contribution in [0, 0.1) is 0 Å². The fourth-order valence-corrected chi connectivity index (χ4v) is 2.54. The summed E-state index contributed by atoms with van der Waals surface area (Å²) >= 11 is 0. The molecule has 3 rings (SSSR count). The van der Waals surface area contributed by atoms with Crippen molar-refractivity contribution in [1.82, 2.24) is 10.5 Å². The summed E-state index contributed by atoms with van der Waals surface area (Å²) in [6.45, 7) is 0.252. The Morgan fingerprint density at radius 3 is 2.37 bits per heavy atom. The Morgan fingerprint density at radius 1 is 0.963 bits per heavy atom. The van der Waals surface area contributed by atoms with Crippen LogP contribution in [-0.2, 0) is 6.54 Å². The van der Waals surface area contributed by atoms with Gasteiger partial charge in [-0.15, -0.1) is 0 Å². The largest absolute Gasteiger partial charge is 0.497 e. The van der Waals surface area contributed by atoms with Crippen molar-refractivity contribution in [2.45, 2.75) is 6.54 Å². The SMILES string of the molecule is COc1ccc(C(=O)NCc2cc(-c3ccc(OC)c(OC)c3)on2)cc1. The van der Waals surface area contributed by atoms with Gasteiger partial charge in [0.25, 0.3) is 5.91 Å². The van der Waals surface area contributed by atoms with Crippen LogP contribution >= 0.6 is 0 Å². The number of methoxy groups -OCH3 is 3. The van der Waals surface area contributed by atoms with E-state index in [1.54, 1.807) is 63.8 Å². The summed E-state index contributed by atoms with van der Waals surface area (Å²) in [5.74, 6) is 2.30. The maximum Gasteiger partial charge on any atom is 0.251 e. The third-order valence-corrected chi connectivity index (χ3v) is 4.01. The number of carbonyl (C=O) groups excluding carboxylic acids is 1. The number of ether oxygens (including phenoxy) is 3. The summed E-state index contributed by atoms with van der Waals surface area (Å²) in [5.41, 5.74) is 1.95. The Morgan fingerprint density at radius 2 is 1.70 bits per heavy atom. The van der Waals surface area contributed by atoms with Gasteiger partial charge in [-0.3, -0.25) is 4.79 Å². The van der Waals surface area contributed by atoms with E-state index >= 15 is 0 Å². The quantitative estimate of drug-likeness (QED) is 0.689. The van der Waals surface area contributed by atoms with Gasteiger partial charge >= 0.3 is 0 Å². The summed E-state index contributed by atoms with van der Waals surface area (Å²) in [7, 11) is 4.73.